The molecule has 1 nitrogen and oxygen atoms in total. The van der Waals surface area contributed by atoms with Crippen LogP contribution in [0, 0.1) is 11.8 Å². The van der Waals surface area contributed by atoms with Gasteiger partial charge in [-0.3, -0.25) is 0 Å². The van der Waals surface area contributed by atoms with E-state index in [1.54, 1.807) is 0 Å². The van der Waals surface area contributed by atoms with Crippen LogP contribution in [0.4, 0.5) is 0 Å². The van der Waals surface area contributed by atoms with Crippen LogP contribution in [0.5, 0.6) is 0 Å². The Bertz CT molecular complexity index is 2750. The third-order valence-electron chi connectivity index (χ3n) is 11.7. The van der Waals surface area contributed by atoms with Gasteiger partial charge in [-0.05, 0) is 113 Å². The number of rotatable bonds is 7. The van der Waals surface area contributed by atoms with Gasteiger partial charge in [0, 0.05) is 22.0 Å². The van der Waals surface area contributed by atoms with E-state index in [4.69, 9.17) is 0 Å². The molecule has 0 aliphatic heterocycles. The third-order valence-corrected chi connectivity index (χ3v) is 11.7. The van der Waals surface area contributed by atoms with Gasteiger partial charge in [0.2, 0.25) is 0 Å². The highest BCUT2D eigenvalue weighted by molar-refractivity contribution is 6.09. The number of fused-ring (bicyclic) bond motifs is 6. The average molecular weight is 704 g/mol. The van der Waals surface area contributed by atoms with E-state index in [0.717, 1.165) is 31.2 Å². The lowest BCUT2D eigenvalue weighted by molar-refractivity contribution is 0.678. The van der Waals surface area contributed by atoms with E-state index in [1.807, 2.05) is 0 Å². The van der Waals surface area contributed by atoms with Gasteiger partial charge in [-0.25, -0.2) is 0 Å². The van der Waals surface area contributed by atoms with Crippen molar-refractivity contribution in [3.8, 4) is 28.7 Å². The molecule has 2 atom stereocenters. The SMILES string of the molecule is C(#CC1(C2=CCCC=C2)c2ccccc2-c2ccc(CC(Cc3ccccc3)c3ccc(-n4c5ccccc5c5ccccc54)cc3)cc21)c1ccccc1. The largest absolute Gasteiger partial charge is 0.309 e. The fraction of sp³-hybridized carbons (Fsp3) is 0.111. The second-order valence-electron chi connectivity index (χ2n) is 15.0. The van der Waals surface area contributed by atoms with Gasteiger partial charge in [0.15, 0.2) is 0 Å². The number of allylic oxidation sites excluding steroid dienone is 4. The van der Waals surface area contributed by atoms with E-state index >= 15 is 0 Å². The zero-order chi connectivity index (χ0) is 36.6. The predicted molar refractivity (Wildman–Crippen MR) is 230 cm³/mol. The van der Waals surface area contributed by atoms with Gasteiger partial charge in [-0.15, -0.1) is 0 Å². The van der Waals surface area contributed by atoms with Gasteiger partial charge in [0.1, 0.15) is 5.41 Å². The zero-order valence-corrected chi connectivity index (χ0v) is 30.8. The summed E-state index contributed by atoms with van der Waals surface area (Å²) < 4.78 is 2.41. The molecule has 262 valence electrons. The molecule has 0 bridgehead atoms. The maximum atomic E-state index is 3.92. The molecule has 7 aromatic carbocycles. The first kappa shape index (κ1) is 33.0. The molecule has 2 aliphatic rings. The molecule has 2 unspecified atom stereocenters. The maximum absolute atomic E-state index is 3.92. The maximum Gasteiger partial charge on any atom is 0.107 e. The summed E-state index contributed by atoms with van der Waals surface area (Å²) in [5.74, 6) is 7.84. The van der Waals surface area contributed by atoms with Crippen LogP contribution in [0.3, 0.4) is 0 Å². The zero-order valence-electron chi connectivity index (χ0n) is 30.8. The second kappa shape index (κ2) is 14.0. The van der Waals surface area contributed by atoms with E-state index in [1.165, 1.54) is 72.0 Å². The van der Waals surface area contributed by atoms with E-state index < -0.39 is 5.41 Å². The minimum absolute atomic E-state index is 0.287. The molecule has 1 heterocycles. The van der Waals surface area contributed by atoms with Crippen molar-refractivity contribution < 1.29 is 0 Å². The topological polar surface area (TPSA) is 4.93 Å². The smallest absolute Gasteiger partial charge is 0.107 e. The van der Waals surface area contributed by atoms with Crippen molar-refractivity contribution in [1.82, 2.24) is 4.57 Å². The van der Waals surface area contributed by atoms with Crippen molar-refractivity contribution in [2.24, 2.45) is 0 Å². The standard InChI is InChI=1S/C54H41N/c1-4-16-39(17-5-1)34-35-54(44-20-8-3-9-21-44)50-25-13-10-22-46(50)47-33-28-41(38-51(47)54)37-43(36-40-18-6-2-7-19-40)42-29-31-45(32-30-42)55-52-26-14-11-23-48(52)49-24-12-15-27-53(49)55/h1-2,4-8,10-33,38,43H,3,9,36-37H2. The van der Waals surface area contributed by atoms with E-state index in [-0.39, 0.29) is 5.92 Å². The summed E-state index contributed by atoms with van der Waals surface area (Å²) in [6.07, 6.45) is 11.1. The van der Waals surface area contributed by atoms with Crippen LogP contribution in [0.15, 0.2) is 200 Å². The van der Waals surface area contributed by atoms with Gasteiger partial charge in [-0.1, -0.05) is 170 Å². The Morgan fingerprint density at radius 1 is 0.545 bits per heavy atom. The summed E-state index contributed by atoms with van der Waals surface area (Å²) in [6.45, 7) is 0. The molecule has 1 aromatic heterocycles. The number of para-hydroxylation sites is 2. The lowest BCUT2D eigenvalue weighted by Crippen LogP contribution is -2.26. The molecule has 55 heavy (non-hydrogen) atoms. The summed E-state index contributed by atoms with van der Waals surface area (Å²) in [5, 5.41) is 2.57. The Balaban J connectivity index is 1.08. The van der Waals surface area contributed by atoms with Gasteiger partial charge >= 0.3 is 0 Å². The molecule has 0 N–H and O–H groups in total. The quantitative estimate of drug-likeness (QED) is 0.146. The number of benzene rings is 7. The van der Waals surface area contributed by atoms with Crippen LogP contribution in [0.25, 0.3) is 38.6 Å². The number of aromatic nitrogens is 1. The first-order chi connectivity index (χ1) is 27.3. The Kier molecular flexibility index (Phi) is 8.39. The van der Waals surface area contributed by atoms with Crippen LogP contribution < -0.4 is 0 Å². The van der Waals surface area contributed by atoms with E-state index in [2.05, 4.69) is 211 Å². The molecule has 8 aromatic rings. The molecule has 0 amide bonds. The molecule has 0 radical (unpaired) electrons. The first-order valence-corrected chi connectivity index (χ1v) is 19.6. The molecule has 0 saturated carbocycles. The summed E-state index contributed by atoms with van der Waals surface area (Å²) in [6, 6.07) is 64.4. The molecule has 10 rings (SSSR count). The fourth-order valence-corrected chi connectivity index (χ4v) is 9.14. The van der Waals surface area contributed by atoms with Crippen molar-refractivity contribution in [2.75, 3.05) is 0 Å². The highest BCUT2D eigenvalue weighted by atomic mass is 15.0. The average Bonchev–Trinajstić information content (AvgIpc) is 3.74. The summed E-state index contributed by atoms with van der Waals surface area (Å²) in [4.78, 5) is 0. The molecule has 0 spiro atoms. The fourth-order valence-electron chi connectivity index (χ4n) is 9.14. The Hall–Kier alpha value is -6.62. The second-order valence-corrected chi connectivity index (χ2v) is 15.0. The normalized spacial score (nSPS) is 16.3. The van der Waals surface area contributed by atoms with Crippen LogP contribution in [-0.2, 0) is 18.3 Å². The van der Waals surface area contributed by atoms with Crippen LogP contribution in [0.2, 0.25) is 0 Å². The third kappa shape index (κ3) is 5.83. The lowest BCUT2D eigenvalue weighted by Gasteiger charge is -2.30. The van der Waals surface area contributed by atoms with Gasteiger partial charge < -0.3 is 4.57 Å². The minimum atomic E-state index is -0.548. The molecule has 2 aliphatic carbocycles. The van der Waals surface area contributed by atoms with Crippen molar-refractivity contribution in [2.45, 2.75) is 37.0 Å². The van der Waals surface area contributed by atoms with Crippen molar-refractivity contribution in [3.05, 3.63) is 233 Å². The Labute approximate surface area is 323 Å². The van der Waals surface area contributed by atoms with Crippen LogP contribution in [-0.4, -0.2) is 4.57 Å². The highest BCUT2D eigenvalue weighted by Gasteiger charge is 2.44. The summed E-state index contributed by atoms with van der Waals surface area (Å²) in [5.41, 5.74) is 14.6. The summed E-state index contributed by atoms with van der Waals surface area (Å²) >= 11 is 0. The van der Waals surface area contributed by atoms with E-state index in [9.17, 15) is 0 Å². The molecular formula is C54H41N. The van der Waals surface area contributed by atoms with Gasteiger partial charge in [0.05, 0.1) is 11.0 Å². The number of hydrogen-bond donors (Lipinski definition) is 0. The molecule has 0 fully saturated rings. The Morgan fingerprint density at radius 2 is 1.18 bits per heavy atom. The van der Waals surface area contributed by atoms with Crippen molar-refractivity contribution >= 4 is 21.8 Å². The Morgan fingerprint density at radius 3 is 1.91 bits per heavy atom. The number of nitrogens with zero attached hydrogens (tertiary/aromatic N) is 1. The van der Waals surface area contributed by atoms with Crippen LogP contribution in [0.1, 0.15) is 52.1 Å². The van der Waals surface area contributed by atoms with Crippen molar-refractivity contribution in [1.29, 1.82) is 0 Å². The number of hydrogen-bond acceptors (Lipinski definition) is 0. The molecule has 1 heteroatoms. The summed E-state index contributed by atoms with van der Waals surface area (Å²) in [7, 11) is 0. The van der Waals surface area contributed by atoms with Crippen molar-refractivity contribution in [3.63, 3.8) is 0 Å². The first-order valence-electron chi connectivity index (χ1n) is 19.6. The minimum Gasteiger partial charge on any atom is -0.309 e. The monoisotopic (exact) mass is 703 g/mol. The molecular weight excluding hydrogens is 663 g/mol. The van der Waals surface area contributed by atoms with Crippen LogP contribution >= 0.6 is 0 Å². The predicted octanol–water partition coefficient (Wildman–Crippen LogP) is 12.9. The lowest BCUT2D eigenvalue weighted by atomic mass is 9.70. The highest BCUT2D eigenvalue weighted by Crippen LogP contribution is 2.54. The van der Waals surface area contributed by atoms with E-state index in [0.29, 0.717) is 0 Å². The van der Waals surface area contributed by atoms with Gasteiger partial charge in [-0.2, -0.15) is 0 Å². The van der Waals surface area contributed by atoms with Gasteiger partial charge in [0.25, 0.3) is 0 Å². The molecule has 0 saturated heterocycles.